The molecule has 0 radical (unpaired) electrons. The molecule has 3 aromatic carbocycles. The van der Waals surface area contributed by atoms with Crippen LogP contribution >= 0.6 is 0 Å². The molecule has 26 heavy (non-hydrogen) atoms. The number of hydrogen-bond donors (Lipinski definition) is 0. The van der Waals surface area contributed by atoms with E-state index in [9.17, 15) is 4.79 Å². The minimum absolute atomic E-state index is 0.165. The van der Waals surface area contributed by atoms with Crippen LogP contribution in [-0.4, -0.2) is 13.5 Å². The van der Waals surface area contributed by atoms with E-state index in [2.05, 4.69) is 36.4 Å². The fraction of sp³-hybridized carbons (Fsp3) is 0.0417. The van der Waals surface area contributed by atoms with Gasteiger partial charge in [-0.15, -0.1) is 0 Å². The van der Waals surface area contributed by atoms with Gasteiger partial charge in [0, 0.05) is 0 Å². The summed E-state index contributed by atoms with van der Waals surface area (Å²) >= 11 is 0. The van der Waals surface area contributed by atoms with Crippen LogP contribution in [0.4, 0.5) is 0 Å². The third kappa shape index (κ3) is 2.69. The largest absolute Gasteiger partial charge is 0.303 e. The Morgan fingerprint density at radius 2 is 0.923 bits per heavy atom. The van der Waals surface area contributed by atoms with E-state index in [0.29, 0.717) is 5.41 Å². The molecule has 0 bridgehead atoms. The summed E-state index contributed by atoms with van der Waals surface area (Å²) in [6, 6.07) is 31.0. The van der Waals surface area contributed by atoms with Crippen LogP contribution in [0.5, 0.6) is 0 Å². The van der Waals surface area contributed by atoms with Crippen molar-refractivity contribution in [1.82, 2.24) is 0 Å². The highest BCUT2D eigenvalue weighted by Crippen LogP contribution is 2.19. The Kier molecular flexibility index (Phi) is 4.51. The van der Waals surface area contributed by atoms with E-state index < -0.39 is 8.07 Å². The number of benzene rings is 3. The van der Waals surface area contributed by atoms with Gasteiger partial charge in [-0.05, 0) is 15.6 Å². The van der Waals surface area contributed by atoms with Gasteiger partial charge in [-0.25, -0.2) is 0 Å². The van der Waals surface area contributed by atoms with Gasteiger partial charge in [0.25, 0.3) is 0 Å². The molecule has 1 aliphatic carbocycles. The lowest BCUT2D eigenvalue weighted by Gasteiger charge is -2.33. The maximum Gasteiger partial charge on any atom is 0.225 e. The quantitative estimate of drug-likeness (QED) is 0.510. The molecule has 0 heterocycles. The van der Waals surface area contributed by atoms with Crippen molar-refractivity contribution in [2.75, 3.05) is 0 Å². The van der Waals surface area contributed by atoms with E-state index in [1.165, 1.54) is 0 Å². The molecule has 3 aromatic rings. The molecule has 0 saturated carbocycles. The molecule has 0 saturated heterocycles. The highest BCUT2D eigenvalue weighted by atomic mass is 28.3. The van der Waals surface area contributed by atoms with Crippen molar-refractivity contribution in [2.24, 2.45) is 5.92 Å². The number of carbonyl (C=O) groups is 1. The summed E-state index contributed by atoms with van der Waals surface area (Å²) in [6.07, 6.45) is 7.98. The van der Waals surface area contributed by atoms with Gasteiger partial charge < -0.3 is 4.79 Å². The van der Waals surface area contributed by atoms with Crippen molar-refractivity contribution in [3.8, 4) is 0 Å². The third-order valence-electron chi connectivity index (χ3n) is 5.04. The Labute approximate surface area is 155 Å². The van der Waals surface area contributed by atoms with Gasteiger partial charge in [0.15, 0.2) is 0 Å². The first-order valence-electron chi connectivity index (χ1n) is 8.89. The summed E-state index contributed by atoms with van der Waals surface area (Å²) in [5.74, 6) is -0.165. The van der Waals surface area contributed by atoms with Gasteiger partial charge in [-0.1, -0.05) is 115 Å². The van der Waals surface area contributed by atoms with Crippen LogP contribution in [0.3, 0.4) is 0 Å². The topological polar surface area (TPSA) is 17.1 Å². The first kappa shape index (κ1) is 16.5. The molecule has 0 aliphatic heterocycles. The highest BCUT2D eigenvalue weighted by Gasteiger charge is 2.48. The summed E-state index contributed by atoms with van der Waals surface area (Å²) < 4.78 is 0. The molecular weight excluding hydrogens is 332 g/mol. The molecule has 2 heteroatoms. The molecule has 0 atom stereocenters. The maximum atomic E-state index is 14.0. The number of allylic oxidation sites excluding steroid dienone is 4. The van der Waals surface area contributed by atoms with Crippen LogP contribution in [-0.2, 0) is 4.79 Å². The third-order valence-corrected chi connectivity index (χ3v) is 9.71. The second-order valence-corrected chi connectivity index (χ2v) is 10.2. The molecule has 0 aromatic heterocycles. The average Bonchev–Trinajstić information content (AvgIpc) is 3.26. The summed E-state index contributed by atoms with van der Waals surface area (Å²) in [5.41, 5.74) is 0. The summed E-state index contributed by atoms with van der Waals surface area (Å²) in [7, 11) is -2.83. The van der Waals surface area contributed by atoms with Gasteiger partial charge in [0.05, 0.1) is 5.92 Å². The standard InChI is InChI=1S/C24H20OSi/c25-24(20-12-10-11-13-20)26(21-14-4-1-5-15-21,22-16-6-2-7-17-22)23-18-8-3-9-19-23/h1-20H. The minimum atomic E-state index is -2.83. The van der Waals surface area contributed by atoms with Gasteiger partial charge in [0.1, 0.15) is 5.41 Å². The Morgan fingerprint density at radius 3 is 1.27 bits per heavy atom. The van der Waals surface area contributed by atoms with E-state index in [-0.39, 0.29) is 5.92 Å². The van der Waals surface area contributed by atoms with Crippen LogP contribution in [0.1, 0.15) is 0 Å². The predicted molar refractivity (Wildman–Crippen MR) is 111 cm³/mol. The maximum absolute atomic E-state index is 14.0. The number of hydrogen-bond acceptors (Lipinski definition) is 1. The van der Waals surface area contributed by atoms with Crippen molar-refractivity contribution < 1.29 is 4.79 Å². The van der Waals surface area contributed by atoms with Crippen LogP contribution in [0.2, 0.25) is 0 Å². The molecule has 0 unspecified atom stereocenters. The molecule has 0 spiro atoms. The fourth-order valence-electron chi connectivity index (χ4n) is 3.85. The molecule has 1 nitrogen and oxygen atoms in total. The van der Waals surface area contributed by atoms with E-state index >= 15 is 0 Å². The number of carbonyl (C=O) groups excluding carboxylic acids is 1. The minimum Gasteiger partial charge on any atom is -0.303 e. The molecule has 4 rings (SSSR count). The first-order chi connectivity index (χ1) is 12.8. The lowest BCUT2D eigenvalue weighted by molar-refractivity contribution is -0.113. The first-order valence-corrected chi connectivity index (χ1v) is 10.9. The average molecular weight is 353 g/mol. The van der Waals surface area contributed by atoms with Gasteiger partial charge >= 0.3 is 0 Å². The van der Waals surface area contributed by atoms with E-state index in [4.69, 9.17) is 0 Å². The van der Waals surface area contributed by atoms with Crippen LogP contribution < -0.4 is 15.6 Å². The Morgan fingerprint density at radius 1 is 0.577 bits per heavy atom. The molecule has 1 aliphatic rings. The lowest BCUT2D eigenvalue weighted by atomic mass is 10.2. The zero-order valence-corrected chi connectivity index (χ0v) is 15.5. The zero-order valence-electron chi connectivity index (χ0n) is 14.5. The summed E-state index contributed by atoms with van der Waals surface area (Å²) in [4.78, 5) is 14.0. The van der Waals surface area contributed by atoms with E-state index in [1.54, 1.807) is 0 Å². The van der Waals surface area contributed by atoms with E-state index in [1.807, 2.05) is 78.9 Å². The molecule has 0 N–H and O–H groups in total. The summed E-state index contributed by atoms with van der Waals surface area (Å²) in [5, 5.41) is 3.72. The molecule has 126 valence electrons. The van der Waals surface area contributed by atoms with Crippen molar-refractivity contribution >= 4 is 29.0 Å². The van der Waals surface area contributed by atoms with Gasteiger partial charge in [0.2, 0.25) is 8.07 Å². The van der Waals surface area contributed by atoms with Crippen LogP contribution in [0, 0.1) is 5.92 Å². The normalized spacial score (nSPS) is 13.8. The monoisotopic (exact) mass is 352 g/mol. The SMILES string of the molecule is O=C(C1C=CC=C1)[Si](c1ccccc1)(c1ccccc1)c1ccccc1. The van der Waals surface area contributed by atoms with Crippen molar-refractivity contribution in [2.45, 2.75) is 0 Å². The van der Waals surface area contributed by atoms with Crippen LogP contribution in [0.25, 0.3) is 0 Å². The molecular formula is C24H20OSi. The number of rotatable bonds is 5. The Bertz CT molecular complexity index is 835. The lowest BCUT2D eigenvalue weighted by Crippen LogP contribution is -2.73. The van der Waals surface area contributed by atoms with Crippen molar-refractivity contribution in [3.05, 3.63) is 115 Å². The highest BCUT2D eigenvalue weighted by molar-refractivity contribution is 7.30. The van der Waals surface area contributed by atoms with Crippen molar-refractivity contribution in [3.63, 3.8) is 0 Å². The molecule has 0 fully saturated rings. The van der Waals surface area contributed by atoms with Crippen LogP contribution in [0.15, 0.2) is 115 Å². The smallest absolute Gasteiger partial charge is 0.225 e. The Balaban J connectivity index is 2.05. The Hall–Kier alpha value is -2.97. The van der Waals surface area contributed by atoms with Gasteiger partial charge in [-0.3, -0.25) is 0 Å². The second-order valence-electron chi connectivity index (χ2n) is 6.51. The summed E-state index contributed by atoms with van der Waals surface area (Å²) in [6.45, 7) is 0. The van der Waals surface area contributed by atoms with Crippen molar-refractivity contribution in [1.29, 1.82) is 0 Å². The molecule has 0 amide bonds. The van der Waals surface area contributed by atoms with Gasteiger partial charge in [-0.2, -0.15) is 0 Å². The predicted octanol–water partition coefficient (Wildman–Crippen LogP) is 3.01. The second kappa shape index (κ2) is 7.10. The fourth-order valence-corrected chi connectivity index (χ4v) is 8.47. The zero-order chi connectivity index (χ0) is 17.8. The van der Waals surface area contributed by atoms with E-state index in [0.717, 1.165) is 15.6 Å².